The van der Waals surface area contributed by atoms with E-state index < -0.39 is 142 Å². The van der Waals surface area contributed by atoms with Crippen molar-refractivity contribution in [2.75, 3.05) is 79.9 Å². The topological polar surface area (TPSA) is 470 Å². The van der Waals surface area contributed by atoms with E-state index in [1.54, 1.807) is 33.8 Å². The van der Waals surface area contributed by atoms with Crippen LogP contribution in [0.2, 0.25) is 0 Å². The number of nitrogens with two attached hydrogens (primary N) is 1. The number of ether oxygens (including phenoxy) is 5. The van der Waals surface area contributed by atoms with Gasteiger partial charge in [-0.3, -0.25) is 23.9 Å². The van der Waals surface area contributed by atoms with Gasteiger partial charge in [-0.15, -0.1) is 0 Å². The fraction of sp³-hybridized carbons (Fsp3) is 0.432. The summed E-state index contributed by atoms with van der Waals surface area (Å²) in [6.07, 6.45) is 0.0587. The predicted molar refractivity (Wildman–Crippen MR) is 387 cm³/mol. The number of aryl methyl sites for hydroxylation is 1. The quantitative estimate of drug-likeness (QED) is 0.0112. The van der Waals surface area contributed by atoms with Crippen LogP contribution in [0.5, 0.6) is 0 Å². The van der Waals surface area contributed by atoms with Gasteiger partial charge in [-0.25, -0.2) is 41.8 Å². The number of hydrogen-bond donors (Lipinski definition) is 10. The zero-order chi connectivity index (χ0) is 78.4. The van der Waals surface area contributed by atoms with Crippen LogP contribution in [0, 0.1) is 18.7 Å². The van der Waals surface area contributed by atoms with E-state index in [4.69, 9.17) is 34.4 Å². The minimum atomic E-state index is -4.21. The molecule has 9 amide bonds. The Kier molecular flexibility index (Phi) is 31.0. The van der Waals surface area contributed by atoms with Gasteiger partial charge in [0.1, 0.15) is 30.5 Å². The number of carbonyl (C=O) groups excluding carboxylic acids is 10. The summed E-state index contributed by atoms with van der Waals surface area (Å²) in [4.78, 5) is 152. The van der Waals surface area contributed by atoms with E-state index in [-0.39, 0.29) is 176 Å². The first-order valence-corrected chi connectivity index (χ1v) is 37.2. The Morgan fingerprint density at radius 2 is 1.38 bits per heavy atom. The SMILES string of the molecule is CCCNC(=O)Nc1cccc(S(=O)(=O)Nc2cccc([C@@H](CC(=O)[O-])NC(=O)Nc3ccc(NC(=O)NCCOCCOCCOCCC(=O)N[C@@H](CC(=O)[O-])C(=O)N4CCC[C@H]4C(=O)N[C@H](C(=O)O[C@]4(CC)C(=O)OCc5c4cc4n(c5=O)Cc5c-4nc4cc(F)c(C)c6c4c5[C@@H](N)CC6)C(C)C)cc3)c2)c1.[Na+].[Na+]. The Morgan fingerprint density at radius 1 is 0.739 bits per heavy atom. The second kappa shape index (κ2) is 39.4. The molecular weight excluding hydrogens is 1490 g/mol. The van der Waals surface area contributed by atoms with Gasteiger partial charge in [-0.2, -0.15) is 0 Å². The molecule has 0 radical (unpaired) electrons. The van der Waals surface area contributed by atoms with Crippen LogP contribution in [0.3, 0.4) is 0 Å². The molecule has 11 N–H and O–H groups in total. The predicted octanol–water partition coefficient (Wildman–Crippen LogP) is -2.61. The number of sulfonamides is 1. The number of esters is 2. The van der Waals surface area contributed by atoms with Crippen LogP contribution in [0.4, 0.5) is 41.5 Å². The van der Waals surface area contributed by atoms with Crippen molar-refractivity contribution in [3.8, 4) is 11.4 Å². The largest absolute Gasteiger partial charge is 1.00 e. The molecule has 2 aromatic heterocycles. The average molecular weight is 1570 g/mol. The van der Waals surface area contributed by atoms with Crippen LogP contribution in [0.1, 0.15) is 130 Å². The molecule has 582 valence electrons. The molecule has 0 spiro atoms. The maximum atomic E-state index is 15.3. The van der Waals surface area contributed by atoms with Gasteiger partial charge in [0.2, 0.25) is 23.3 Å². The number of rotatable bonds is 34. The molecule has 0 unspecified atom stereocenters. The molecule has 6 atom stereocenters. The molecule has 0 bridgehead atoms. The number of halogens is 1. The molecule has 4 aliphatic rings. The van der Waals surface area contributed by atoms with E-state index in [1.165, 1.54) is 83.4 Å². The van der Waals surface area contributed by atoms with Crippen LogP contribution >= 0.6 is 0 Å². The first-order chi connectivity index (χ1) is 52.1. The van der Waals surface area contributed by atoms with Crippen molar-refractivity contribution < 1.29 is 154 Å². The van der Waals surface area contributed by atoms with Crippen molar-refractivity contribution in [3.05, 3.63) is 140 Å². The Labute approximate surface area is 682 Å². The maximum Gasteiger partial charge on any atom is 1.00 e. The monoisotopic (exact) mass is 1570 g/mol. The molecule has 33 nitrogen and oxygen atoms in total. The molecule has 1 fully saturated rings. The molecule has 37 heteroatoms. The number of carboxylic acid groups (broad SMARTS) is 2. The fourth-order valence-corrected chi connectivity index (χ4v) is 14.6. The number of carboxylic acids is 2. The number of carbonyl (C=O) groups is 10. The summed E-state index contributed by atoms with van der Waals surface area (Å²) < 4.78 is 74.2. The standard InChI is InChI=1S/C74H88FN13O20S.2Na/c1-6-23-77-71(99)81-45-12-9-14-47(33-45)109(102,103)86-46-13-8-11-42(32-46)54(36-60(90)91)84-73(101)80-44-18-16-43(17-19-44)79-72(100)78-24-27-105-29-31-106-30-28-104-26-22-59(89)82-56(37-61(92)93)68(96)87-25-10-15-57(87)66(94)85-64(40(3)4)69(97)108-74(7-2)51-34-58-65-49(38-88(58)67(95)50(51)39-107-70(74)98)62-53(76)21-20-48-41(5)52(75)35-55(83-65)63(48)62;;/h8-9,11-14,16-19,32-35,40,53-54,56-57,64,86H,6-7,10,15,20-31,36-39,76H2,1-5H3,(H,82,89)(H,85,94)(H,90,91)(H,92,93)(H2,77,81,99)(H2,78,79,100)(H2,80,84,101);;/q;2*+1/p-2/t53-,54+,56-,57-,64-,74-;;/m0../s1. The number of fused-ring (bicyclic) bond motifs is 5. The molecule has 0 saturated carbocycles. The summed E-state index contributed by atoms with van der Waals surface area (Å²) in [6.45, 7) is 8.91. The van der Waals surface area contributed by atoms with Crippen LogP contribution < -0.4 is 128 Å². The third-order valence-corrected chi connectivity index (χ3v) is 20.4. The molecule has 1 aliphatic carbocycles. The molecule has 1 saturated heterocycles. The first kappa shape index (κ1) is 87.4. The Balaban J connectivity index is 0.00000774. The number of anilines is 4. The molecular formula is C74H86FN13Na2O20S. The van der Waals surface area contributed by atoms with E-state index in [1.807, 2.05) is 6.92 Å². The minimum absolute atomic E-state index is 0. The van der Waals surface area contributed by atoms with Gasteiger partial charge < -0.3 is 101 Å². The maximum absolute atomic E-state index is 15.3. The van der Waals surface area contributed by atoms with Gasteiger partial charge in [-0.05, 0) is 134 Å². The molecule has 4 aromatic carbocycles. The van der Waals surface area contributed by atoms with Crippen molar-refractivity contribution in [3.63, 3.8) is 0 Å². The number of likely N-dealkylation sites (tertiary alicyclic amines) is 1. The van der Waals surface area contributed by atoms with Crippen molar-refractivity contribution >= 4 is 103 Å². The van der Waals surface area contributed by atoms with E-state index in [2.05, 4.69) is 47.3 Å². The van der Waals surface area contributed by atoms with Crippen LogP contribution in [-0.4, -0.2) is 160 Å². The van der Waals surface area contributed by atoms with Gasteiger partial charge in [-0.1, -0.05) is 45.9 Å². The summed E-state index contributed by atoms with van der Waals surface area (Å²) >= 11 is 0. The second-order valence-corrected chi connectivity index (χ2v) is 28.6. The molecule has 3 aliphatic heterocycles. The summed E-state index contributed by atoms with van der Waals surface area (Å²) in [5.74, 6) is -8.76. The van der Waals surface area contributed by atoms with Gasteiger partial charge >= 0.3 is 89.1 Å². The normalized spacial score (nSPS) is 16.6. The zero-order valence-electron chi connectivity index (χ0n) is 62.6. The van der Waals surface area contributed by atoms with E-state index in [0.717, 1.165) is 21.4 Å². The van der Waals surface area contributed by atoms with Gasteiger partial charge in [0.25, 0.3) is 15.6 Å². The summed E-state index contributed by atoms with van der Waals surface area (Å²) in [6, 6.07) is 12.4. The number of aromatic nitrogens is 2. The van der Waals surface area contributed by atoms with E-state index in [9.17, 15) is 71.4 Å². The Morgan fingerprint density at radius 3 is 2.05 bits per heavy atom. The number of nitrogens with zero attached hydrogens (tertiary/aromatic N) is 3. The Hall–Kier alpha value is -9.14. The second-order valence-electron chi connectivity index (χ2n) is 26.9. The van der Waals surface area contributed by atoms with E-state index >= 15 is 4.39 Å². The summed E-state index contributed by atoms with van der Waals surface area (Å²) in [5.41, 5.74) is 9.05. The van der Waals surface area contributed by atoms with Crippen molar-refractivity contribution in [2.45, 2.75) is 146 Å². The fourth-order valence-electron chi connectivity index (χ4n) is 13.6. The van der Waals surface area contributed by atoms with Crippen molar-refractivity contribution in [2.24, 2.45) is 11.7 Å². The average Bonchev–Trinajstić information content (AvgIpc) is 1.60. The zero-order valence-corrected chi connectivity index (χ0v) is 67.4. The van der Waals surface area contributed by atoms with Gasteiger partial charge in [0.05, 0.1) is 79.6 Å². The van der Waals surface area contributed by atoms with Gasteiger partial charge in [0, 0.05) is 102 Å². The van der Waals surface area contributed by atoms with Crippen molar-refractivity contribution in [1.82, 2.24) is 41.0 Å². The number of cyclic esters (lactones) is 1. The minimum Gasteiger partial charge on any atom is -0.550 e. The van der Waals surface area contributed by atoms with Crippen LogP contribution in [-0.2, 0) is 92.4 Å². The molecule has 6 aromatic rings. The smallest absolute Gasteiger partial charge is 0.550 e. The summed E-state index contributed by atoms with van der Waals surface area (Å²) in [7, 11) is -4.21. The van der Waals surface area contributed by atoms with Crippen LogP contribution in [0.15, 0.2) is 94.6 Å². The number of pyridine rings is 2. The number of aliphatic carboxylic acids is 2. The van der Waals surface area contributed by atoms with Crippen LogP contribution in [0.25, 0.3) is 22.3 Å². The molecule has 10 rings (SSSR count). The number of urea groups is 3. The third kappa shape index (κ3) is 21.4. The molecule has 111 heavy (non-hydrogen) atoms. The molecule has 5 heterocycles. The van der Waals surface area contributed by atoms with E-state index in [0.29, 0.717) is 65.9 Å². The number of amides is 9. The van der Waals surface area contributed by atoms with Gasteiger partial charge in [0.15, 0.2) is 0 Å². The first-order valence-electron chi connectivity index (χ1n) is 35.7. The van der Waals surface area contributed by atoms with Crippen molar-refractivity contribution in [1.29, 1.82) is 0 Å². The Bertz CT molecular complexity index is 4690. The number of nitrogens with one attached hydrogen (secondary N) is 9. The third-order valence-electron chi connectivity index (χ3n) is 19.0. The number of benzene rings is 4. The number of hydrogen-bond acceptors (Lipinski definition) is 22. The summed E-state index contributed by atoms with van der Waals surface area (Å²) in [5, 5.41) is 45.2.